The fraction of sp³-hybridized carbons (Fsp3) is 0.647. The van der Waals surface area contributed by atoms with E-state index in [2.05, 4.69) is 37.4 Å². The molecule has 1 N–H and O–H groups in total. The molecule has 0 amide bonds. The van der Waals surface area contributed by atoms with Crippen molar-refractivity contribution in [3.63, 3.8) is 0 Å². The van der Waals surface area contributed by atoms with Crippen LogP contribution in [0.4, 0.5) is 0 Å². The number of methoxy groups -OCH3 is 1. The van der Waals surface area contributed by atoms with Crippen molar-refractivity contribution in [2.75, 3.05) is 26.9 Å². The third-order valence-corrected chi connectivity index (χ3v) is 4.39. The van der Waals surface area contributed by atoms with Gasteiger partial charge in [-0.2, -0.15) is 0 Å². The lowest BCUT2D eigenvalue weighted by Crippen LogP contribution is -2.42. The van der Waals surface area contributed by atoms with Crippen LogP contribution in [0.25, 0.3) is 0 Å². The van der Waals surface area contributed by atoms with E-state index < -0.39 is 0 Å². The first-order valence-corrected chi connectivity index (χ1v) is 7.71. The van der Waals surface area contributed by atoms with Gasteiger partial charge in [-0.15, -0.1) is 0 Å². The molecule has 0 radical (unpaired) electrons. The molecule has 1 aliphatic heterocycles. The van der Waals surface area contributed by atoms with Crippen LogP contribution in [0, 0.1) is 5.92 Å². The summed E-state index contributed by atoms with van der Waals surface area (Å²) in [6.07, 6.45) is 2.43. The standard InChI is InChI=1S/C17H27NO2/c1-4-16-13(2)18-9-8-17(16)14-6-5-7-15(12-14)20-11-10-19-3/h5-7,12-13,16-18H,4,8-11H2,1-3H3/t13-,16+,17+/m1/s1. The smallest absolute Gasteiger partial charge is 0.119 e. The lowest BCUT2D eigenvalue weighted by Gasteiger charge is -2.37. The molecular formula is C17H27NO2. The predicted octanol–water partition coefficient (Wildman–Crippen LogP) is 3.20. The van der Waals surface area contributed by atoms with Crippen LogP contribution in [0.5, 0.6) is 5.75 Å². The number of rotatable bonds is 6. The molecule has 0 bridgehead atoms. The van der Waals surface area contributed by atoms with Crippen LogP contribution in [0.15, 0.2) is 24.3 Å². The Labute approximate surface area is 122 Å². The molecule has 1 aliphatic rings. The molecule has 20 heavy (non-hydrogen) atoms. The van der Waals surface area contributed by atoms with Crippen LogP contribution in [0.3, 0.4) is 0 Å². The summed E-state index contributed by atoms with van der Waals surface area (Å²) in [7, 11) is 1.70. The topological polar surface area (TPSA) is 30.5 Å². The van der Waals surface area contributed by atoms with Crippen LogP contribution >= 0.6 is 0 Å². The molecule has 112 valence electrons. The van der Waals surface area contributed by atoms with Gasteiger partial charge in [0.15, 0.2) is 0 Å². The molecule has 3 atom stereocenters. The average Bonchev–Trinajstić information content (AvgIpc) is 2.47. The van der Waals surface area contributed by atoms with E-state index in [1.165, 1.54) is 18.4 Å². The summed E-state index contributed by atoms with van der Waals surface area (Å²) >= 11 is 0. The fourth-order valence-corrected chi connectivity index (χ4v) is 3.31. The second kappa shape index (κ2) is 7.65. The zero-order chi connectivity index (χ0) is 14.4. The van der Waals surface area contributed by atoms with Crippen LogP contribution in [0.1, 0.15) is 38.2 Å². The average molecular weight is 277 g/mol. The summed E-state index contributed by atoms with van der Waals surface area (Å²) in [6, 6.07) is 9.19. The van der Waals surface area contributed by atoms with E-state index >= 15 is 0 Å². The highest BCUT2D eigenvalue weighted by molar-refractivity contribution is 5.32. The third-order valence-electron chi connectivity index (χ3n) is 4.39. The molecule has 3 heteroatoms. The van der Waals surface area contributed by atoms with Gasteiger partial charge in [-0.1, -0.05) is 25.5 Å². The minimum atomic E-state index is 0.594. The summed E-state index contributed by atoms with van der Waals surface area (Å²) in [5, 5.41) is 3.59. The maximum atomic E-state index is 5.73. The van der Waals surface area contributed by atoms with Crippen LogP contribution in [-0.4, -0.2) is 32.9 Å². The van der Waals surface area contributed by atoms with Gasteiger partial charge < -0.3 is 14.8 Å². The molecular weight excluding hydrogens is 250 g/mol. The molecule has 0 aromatic heterocycles. The highest BCUT2D eigenvalue weighted by Gasteiger charge is 2.30. The maximum absolute atomic E-state index is 5.73. The van der Waals surface area contributed by atoms with E-state index in [9.17, 15) is 0 Å². The molecule has 1 saturated heterocycles. The van der Waals surface area contributed by atoms with Crippen molar-refractivity contribution in [2.24, 2.45) is 5.92 Å². The largest absolute Gasteiger partial charge is 0.491 e. The Balaban J connectivity index is 2.08. The number of hydrogen-bond donors (Lipinski definition) is 1. The first-order chi connectivity index (χ1) is 9.76. The molecule has 0 saturated carbocycles. The lowest BCUT2D eigenvalue weighted by molar-refractivity contribution is 0.146. The lowest BCUT2D eigenvalue weighted by atomic mass is 9.76. The molecule has 1 aromatic carbocycles. The molecule has 1 fully saturated rings. The van der Waals surface area contributed by atoms with E-state index in [4.69, 9.17) is 9.47 Å². The highest BCUT2D eigenvalue weighted by Crippen LogP contribution is 2.36. The molecule has 1 heterocycles. The second-order valence-corrected chi connectivity index (χ2v) is 5.62. The van der Waals surface area contributed by atoms with Gasteiger partial charge in [-0.05, 0) is 49.4 Å². The SMILES string of the molecule is CC[C@H]1[C@@H](C)NCC[C@H]1c1cccc(OCCOC)c1. The number of piperidine rings is 1. The molecule has 0 unspecified atom stereocenters. The molecule has 3 nitrogen and oxygen atoms in total. The summed E-state index contributed by atoms with van der Waals surface area (Å²) < 4.78 is 10.8. The molecule has 0 spiro atoms. The molecule has 0 aliphatic carbocycles. The van der Waals surface area contributed by atoms with Crippen LogP contribution in [-0.2, 0) is 4.74 Å². The third kappa shape index (κ3) is 3.74. The van der Waals surface area contributed by atoms with E-state index in [0.29, 0.717) is 31.1 Å². The first-order valence-electron chi connectivity index (χ1n) is 7.71. The van der Waals surface area contributed by atoms with Gasteiger partial charge in [0.05, 0.1) is 6.61 Å². The summed E-state index contributed by atoms with van der Waals surface area (Å²) in [5.74, 6) is 2.31. The minimum Gasteiger partial charge on any atom is -0.491 e. The van der Waals surface area contributed by atoms with E-state index in [-0.39, 0.29) is 0 Å². The summed E-state index contributed by atoms with van der Waals surface area (Å²) in [4.78, 5) is 0. The highest BCUT2D eigenvalue weighted by atomic mass is 16.5. The summed E-state index contributed by atoms with van der Waals surface area (Å²) in [6.45, 7) is 6.95. The normalized spacial score (nSPS) is 26.4. The molecule has 2 rings (SSSR count). The van der Waals surface area contributed by atoms with Crippen molar-refractivity contribution >= 4 is 0 Å². The van der Waals surface area contributed by atoms with Gasteiger partial charge in [0.1, 0.15) is 12.4 Å². The van der Waals surface area contributed by atoms with Gasteiger partial charge in [-0.25, -0.2) is 0 Å². The quantitative estimate of drug-likeness (QED) is 0.810. The zero-order valence-electron chi connectivity index (χ0n) is 12.9. The van der Waals surface area contributed by atoms with Crippen molar-refractivity contribution < 1.29 is 9.47 Å². The summed E-state index contributed by atoms with van der Waals surface area (Å²) in [5.41, 5.74) is 1.42. The Morgan fingerprint density at radius 2 is 2.15 bits per heavy atom. The van der Waals surface area contributed by atoms with Gasteiger partial charge in [0.2, 0.25) is 0 Å². The number of hydrogen-bond acceptors (Lipinski definition) is 3. The predicted molar refractivity (Wildman–Crippen MR) is 82.4 cm³/mol. The zero-order valence-corrected chi connectivity index (χ0v) is 12.9. The van der Waals surface area contributed by atoms with Gasteiger partial charge in [-0.3, -0.25) is 0 Å². The van der Waals surface area contributed by atoms with E-state index in [0.717, 1.165) is 12.3 Å². The number of benzene rings is 1. The Hall–Kier alpha value is -1.06. The van der Waals surface area contributed by atoms with E-state index in [1.54, 1.807) is 7.11 Å². The van der Waals surface area contributed by atoms with Crippen LogP contribution in [0.2, 0.25) is 0 Å². The van der Waals surface area contributed by atoms with Gasteiger partial charge in [0, 0.05) is 13.2 Å². The Kier molecular flexibility index (Phi) is 5.86. The number of ether oxygens (including phenoxy) is 2. The Morgan fingerprint density at radius 1 is 1.30 bits per heavy atom. The van der Waals surface area contributed by atoms with Crippen molar-refractivity contribution in [3.8, 4) is 5.75 Å². The van der Waals surface area contributed by atoms with Crippen molar-refractivity contribution in [3.05, 3.63) is 29.8 Å². The Morgan fingerprint density at radius 3 is 2.90 bits per heavy atom. The first kappa shape index (κ1) is 15.3. The molecule has 1 aromatic rings. The monoisotopic (exact) mass is 277 g/mol. The fourth-order valence-electron chi connectivity index (χ4n) is 3.31. The van der Waals surface area contributed by atoms with Crippen LogP contribution < -0.4 is 10.1 Å². The number of nitrogens with one attached hydrogen (secondary N) is 1. The van der Waals surface area contributed by atoms with Crippen molar-refractivity contribution in [1.29, 1.82) is 0 Å². The second-order valence-electron chi connectivity index (χ2n) is 5.62. The minimum absolute atomic E-state index is 0.594. The van der Waals surface area contributed by atoms with Crippen molar-refractivity contribution in [2.45, 2.75) is 38.6 Å². The van der Waals surface area contributed by atoms with Crippen molar-refractivity contribution in [1.82, 2.24) is 5.32 Å². The Bertz CT molecular complexity index is 408. The van der Waals surface area contributed by atoms with Gasteiger partial charge in [0.25, 0.3) is 0 Å². The maximum Gasteiger partial charge on any atom is 0.119 e. The van der Waals surface area contributed by atoms with E-state index in [1.807, 2.05) is 6.07 Å². The van der Waals surface area contributed by atoms with Gasteiger partial charge >= 0.3 is 0 Å².